The Morgan fingerprint density at radius 2 is 0.816 bits per heavy atom. The maximum atomic E-state index is 14.4. The van der Waals surface area contributed by atoms with Crippen molar-refractivity contribution >= 4 is 5.78 Å². The number of rotatable bonds is 3. The first-order chi connectivity index (χ1) is 23.3. The van der Waals surface area contributed by atoms with E-state index in [9.17, 15) is 4.79 Å². The molecule has 0 spiro atoms. The summed E-state index contributed by atoms with van der Waals surface area (Å²) in [7, 11) is 0. The Labute approximate surface area is 290 Å². The molecule has 9 rings (SSSR count). The predicted molar refractivity (Wildman–Crippen MR) is 204 cm³/mol. The third-order valence-corrected chi connectivity index (χ3v) is 12.4. The molecule has 1 nitrogen and oxygen atoms in total. The first-order valence-electron chi connectivity index (χ1n) is 17.7. The zero-order chi connectivity index (χ0) is 34.2. The number of fused-ring (bicyclic) bond motifs is 10. The minimum atomic E-state index is -0.237. The van der Waals surface area contributed by atoms with Gasteiger partial charge in [-0.15, -0.1) is 0 Å². The van der Waals surface area contributed by atoms with Gasteiger partial charge in [0.1, 0.15) is 0 Å². The Bertz CT molecular complexity index is 2450. The van der Waals surface area contributed by atoms with Crippen LogP contribution >= 0.6 is 0 Å². The van der Waals surface area contributed by atoms with Crippen LogP contribution in [0.3, 0.4) is 0 Å². The zero-order valence-corrected chi connectivity index (χ0v) is 29.8. The molecule has 0 atom stereocenters. The van der Waals surface area contributed by atoms with E-state index < -0.39 is 0 Å². The van der Waals surface area contributed by atoms with Crippen LogP contribution in [-0.4, -0.2) is 5.78 Å². The highest BCUT2D eigenvalue weighted by atomic mass is 16.1. The molecule has 49 heavy (non-hydrogen) atoms. The summed E-state index contributed by atoms with van der Waals surface area (Å²) in [6.07, 6.45) is 0. The summed E-state index contributed by atoms with van der Waals surface area (Å²) >= 11 is 0. The highest BCUT2D eigenvalue weighted by Crippen LogP contribution is 2.59. The van der Waals surface area contributed by atoms with Crippen LogP contribution in [0, 0.1) is 13.8 Å². The van der Waals surface area contributed by atoms with Crippen molar-refractivity contribution in [1.29, 1.82) is 0 Å². The summed E-state index contributed by atoms with van der Waals surface area (Å²) in [6, 6.07) is 39.5. The van der Waals surface area contributed by atoms with Crippen LogP contribution in [0.15, 0.2) is 109 Å². The molecule has 0 unspecified atom stereocenters. The van der Waals surface area contributed by atoms with Gasteiger partial charge in [-0.05, 0) is 115 Å². The van der Waals surface area contributed by atoms with Gasteiger partial charge in [-0.1, -0.05) is 139 Å². The molecule has 240 valence electrons. The van der Waals surface area contributed by atoms with Crippen molar-refractivity contribution in [3.05, 3.63) is 165 Å². The second-order valence-corrected chi connectivity index (χ2v) is 16.2. The standard InChI is InChI=1S/C48H42O/c1-27-13-9-10-14-31(27)32-21-22-36-34-19-17-29(25-40(34)47(5,6)42(36)28(32)2)45(49)30-18-20-35-38-24-23-37-33-15-11-12-16-39(33)46(3,4)43(37)44(38)48(7,8)41(35)26-30/h9-26H,1-8H3. The van der Waals surface area contributed by atoms with Gasteiger partial charge in [-0.2, -0.15) is 0 Å². The molecule has 3 aliphatic carbocycles. The molecular weight excluding hydrogens is 593 g/mol. The van der Waals surface area contributed by atoms with Crippen LogP contribution in [0.2, 0.25) is 0 Å². The SMILES string of the molecule is Cc1ccccc1-c1ccc2c(c1C)C(C)(C)c1cc(C(=O)c3ccc4c(c3)C(C)(C)c3c-4ccc4c3C(C)(C)c3ccccc3-4)ccc1-2. The van der Waals surface area contributed by atoms with Gasteiger partial charge in [0.25, 0.3) is 0 Å². The first kappa shape index (κ1) is 30.1. The molecule has 0 heterocycles. The van der Waals surface area contributed by atoms with Gasteiger partial charge in [0.15, 0.2) is 5.78 Å². The monoisotopic (exact) mass is 634 g/mol. The van der Waals surface area contributed by atoms with Gasteiger partial charge < -0.3 is 0 Å². The number of hydrogen-bond acceptors (Lipinski definition) is 1. The van der Waals surface area contributed by atoms with Crippen molar-refractivity contribution in [2.75, 3.05) is 0 Å². The largest absolute Gasteiger partial charge is 0.289 e. The second-order valence-electron chi connectivity index (χ2n) is 16.2. The Hall–Kier alpha value is -5.01. The molecule has 6 aromatic carbocycles. The van der Waals surface area contributed by atoms with E-state index in [-0.39, 0.29) is 22.0 Å². The van der Waals surface area contributed by atoms with Crippen LogP contribution in [0.25, 0.3) is 44.5 Å². The molecular formula is C48H42O. The number of carbonyl (C=O) groups is 1. The summed E-state index contributed by atoms with van der Waals surface area (Å²) in [5.74, 6) is 0.0828. The molecule has 6 aromatic rings. The summed E-state index contributed by atoms with van der Waals surface area (Å²) in [6.45, 7) is 18.5. The normalized spacial score (nSPS) is 16.3. The van der Waals surface area contributed by atoms with Gasteiger partial charge in [-0.3, -0.25) is 4.79 Å². The van der Waals surface area contributed by atoms with Crippen LogP contribution in [0.4, 0.5) is 0 Å². The fourth-order valence-corrected chi connectivity index (χ4v) is 9.97. The number of carbonyl (C=O) groups excluding carboxylic acids is 1. The minimum Gasteiger partial charge on any atom is -0.289 e. The Morgan fingerprint density at radius 1 is 0.408 bits per heavy atom. The fraction of sp³-hybridized carbons (Fsp3) is 0.229. The van der Waals surface area contributed by atoms with Crippen molar-refractivity contribution in [2.45, 2.75) is 71.6 Å². The average molecular weight is 635 g/mol. The van der Waals surface area contributed by atoms with Crippen molar-refractivity contribution in [1.82, 2.24) is 0 Å². The van der Waals surface area contributed by atoms with Crippen molar-refractivity contribution < 1.29 is 4.79 Å². The molecule has 0 aromatic heterocycles. The molecule has 0 radical (unpaired) electrons. The fourth-order valence-electron chi connectivity index (χ4n) is 9.97. The molecule has 0 aliphatic heterocycles. The summed E-state index contributed by atoms with van der Waals surface area (Å²) in [5.41, 5.74) is 21.9. The molecule has 0 saturated carbocycles. The van der Waals surface area contributed by atoms with E-state index in [1.165, 1.54) is 89.0 Å². The van der Waals surface area contributed by atoms with E-state index in [4.69, 9.17) is 0 Å². The van der Waals surface area contributed by atoms with Crippen LogP contribution in [0.5, 0.6) is 0 Å². The van der Waals surface area contributed by atoms with Crippen molar-refractivity contribution in [2.24, 2.45) is 0 Å². The van der Waals surface area contributed by atoms with Crippen LogP contribution < -0.4 is 0 Å². The lowest BCUT2D eigenvalue weighted by atomic mass is 9.72. The van der Waals surface area contributed by atoms with Crippen LogP contribution in [-0.2, 0) is 16.2 Å². The first-order valence-corrected chi connectivity index (χ1v) is 17.7. The number of benzene rings is 6. The van der Waals surface area contributed by atoms with E-state index in [0.29, 0.717) is 0 Å². The third kappa shape index (κ3) is 3.85. The van der Waals surface area contributed by atoms with Crippen molar-refractivity contribution in [3.63, 3.8) is 0 Å². The van der Waals surface area contributed by atoms with Gasteiger partial charge >= 0.3 is 0 Å². The molecule has 0 saturated heterocycles. The number of ketones is 1. The predicted octanol–water partition coefficient (Wildman–Crippen LogP) is 12.1. The van der Waals surface area contributed by atoms with E-state index in [0.717, 1.165) is 11.1 Å². The quantitative estimate of drug-likeness (QED) is 0.177. The van der Waals surface area contributed by atoms with Gasteiger partial charge in [0.2, 0.25) is 0 Å². The Morgan fingerprint density at radius 3 is 1.39 bits per heavy atom. The van der Waals surface area contributed by atoms with Gasteiger partial charge in [0, 0.05) is 27.4 Å². The van der Waals surface area contributed by atoms with Gasteiger partial charge in [0.05, 0.1) is 0 Å². The lowest BCUT2D eigenvalue weighted by Crippen LogP contribution is -2.24. The lowest BCUT2D eigenvalue weighted by molar-refractivity contribution is 0.103. The van der Waals surface area contributed by atoms with E-state index >= 15 is 0 Å². The summed E-state index contributed by atoms with van der Waals surface area (Å²) in [4.78, 5) is 14.4. The molecule has 0 amide bonds. The molecule has 3 aliphatic rings. The highest BCUT2D eigenvalue weighted by molar-refractivity contribution is 6.10. The highest BCUT2D eigenvalue weighted by Gasteiger charge is 2.46. The summed E-state index contributed by atoms with van der Waals surface area (Å²) < 4.78 is 0. The maximum absolute atomic E-state index is 14.4. The smallest absolute Gasteiger partial charge is 0.193 e. The molecule has 0 N–H and O–H groups in total. The number of aryl methyl sites for hydroxylation is 1. The molecule has 0 fully saturated rings. The topological polar surface area (TPSA) is 17.1 Å². The Kier molecular flexibility index (Phi) is 6.01. The van der Waals surface area contributed by atoms with Crippen molar-refractivity contribution in [3.8, 4) is 44.5 Å². The lowest BCUT2D eigenvalue weighted by Gasteiger charge is -2.30. The van der Waals surface area contributed by atoms with E-state index in [1.807, 2.05) is 12.1 Å². The average Bonchev–Trinajstić information content (AvgIpc) is 3.57. The maximum Gasteiger partial charge on any atom is 0.193 e. The Balaban J connectivity index is 1.10. The minimum absolute atomic E-state index is 0.0828. The molecule has 1 heteroatoms. The summed E-state index contributed by atoms with van der Waals surface area (Å²) in [5, 5.41) is 0. The zero-order valence-electron chi connectivity index (χ0n) is 29.8. The molecule has 0 bridgehead atoms. The third-order valence-electron chi connectivity index (χ3n) is 12.4. The number of hydrogen-bond donors (Lipinski definition) is 0. The van der Waals surface area contributed by atoms with Crippen LogP contribution in [0.1, 0.15) is 102 Å². The van der Waals surface area contributed by atoms with Gasteiger partial charge in [-0.25, -0.2) is 0 Å². The second kappa shape index (κ2) is 9.79. The van der Waals surface area contributed by atoms with E-state index in [2.05, 4.69) is 152 Å². The van der Waals surface area contributed by atoms with E-state index in [1.54, 1.807) is 0 Å².